The summed E-state index contributed by atoms with van der Waals surface area (Å²) in [5, 5.41) is 6.04. The first-order valence-electron chi connectivity index (χ1n) is 7.45. The van der Waals surface area contributed by atoms with Crippen LogP contribution < -0.4 is 20.1 Å². The maximum atomic E-state index is 12.5. The minimum atomic E-state index is -3.01. The minimum absolute atomic E-state index is 0.125. The number of anilines is 1. The number of nitrogens with one attached hydrogen (secondary N) is 2. The molecule has 2 N–H and O–H groups in total. The van der Waals surface area contributed by atoms with Crippen LogP contribution in [0.3, 0.4) is 0 Å². The lowest BCUT2D eigenvalue weighted by atomic mass is 10.1. The Labute approximate surface area is 159 Å². The van der Waals surface area contributed by atoms with Gasteiger partial charge in [0.25, 0.3) is 0 Å². The Bertz CT molecular complexity index is 791. The summed E-state index contributed by atoms with van der Waals surface area (Å²) in [6.45, 7) is -1.25. The van der Waals surface area contributed by atoms with E-state index in [1.165, 1.54) is 25.3 Å². The summed E-state index contributed by atoms with van der Waals surface area (Å²) < 4.78 is 34.2. The zero-order valence-corrected chi connectivity index (χ0v) is 15.4. The summed E-state index contributed by atoms with van der Waals surface area (Å²) in [5.41, 5.74) is 1.02. The van der Waals surface area contributed by atoms with Crippen LogP contribution in [-0.4, -0.2) is 19.8 Å². The van der Waals surface area contributed by atoms with Crippen LogP contribution in [0.15, 0.2) is 36.4 Å². The first kappa shape index (κ1) is 20.1. The summed E-state index contributed by atoms with van der Waals surface area (Å²) in [4.78, 5) is 12.1. The van der Waals surface area contributed by atoms with Crippen LogP contribution in [0.4, 0.5) is 19.3 Å². The number of amides is 2. The Morgan fingerprint density at radius 2 is 1.81 bits per heavy atom. The third-order valence-electron chi connectivity index (χ3n) is 3.43. The van der Waals surface area contributed by atoms with Crippen molar-refractivity contribution < 1.29 is 23.0 Å². The topological polar surface area (TPSA) is 59.6 Å². The fourth-order valence-electron chi connectivity index (χ4n) is 2.17. The lowest BCUT2D eigenvalue weighted by Crippen LogP contribution is -2.31. The minimum Gasteiger partial charge on any atom is -0.493 e. The Kier molecular flexibility index (Phi) is 6.88. The molecule has 5 nitrogen and oxygen atoms in total. The highest BCUT2D eigenvalue weighted by atomic mass is 35.5. The summed E-state index contributed by atoms with van der Waals surface area (Å²) in [6.07, 6.45) is 0. The molecule has 0 bridgehead atoms. The normalized spacial score (nSPS) is 11.8. The lowest BCUT2D eigenvalue weighted by molar-refractivity contribution is -0.0511. The molecule has 0 saturated heterocycles. The number of hydrogen-bond acceptors (Lipinski definition) is 3. The van der Waals surface area contributed by atoms with Gasteiger partial charge < -0.3 is 20.1 Å². The number of urea groups is 1. The van der Waals surface area contributed by atoms with Gasteiger partial charge in [-0.05, 0) is 36.8 Å². The Morgan fingerprint density at radius 1 is 1.08 bits per heavy atom. The molecule has 2 aromatic carbocycles. The molecule has 0 fully saturated rings. The number of carbonyl (C=O) groups is 1. The van der Waals surface area contributed by atoms with Crippen LogP contribution in [0.25, 0.3) is 0 Å². The molecular weight excluding hydrogens is 389 g/mol. The third kappa shape index (κ3) is 5.37. The lowest BCUT2D eigenvalue weighted by Gasteiger charge is -2.16. The van der Waals surface area contributed by atoms with Crippen molar-refractivity contribution in [2.45, 2.75) is 19.6 Å². The zero-order chi connectivity index (χ0) is 19.3. The molecule has 1 atom stereocenters. The number of rotatable bonds is 6. The molecule has 9 heteroatoms. The zero-order valence-electron chi connectivity index (χ0n) is 13.9. The predicted molar refractivity (Wildman–Crippen MR) is 96.7 cm³/mol. The molecule has 0 aliphatic rings. The summed E-state index contributed by atoms with van der Waals surface area (Å²) >= 11 is 11.8. The number of halogens is 4. The van der Waals surface area contributed by atoms with Crippen molar-refractivity contribution in [1.29, 1.82) is 0 Å². The second-order valence-electron chi connectivity index (χ2n) is 5.24. The molecule has 26 heavy (non-hydrogen) atoms. The maximum Gasteiger partial charge on any atom is 0.387 e. The highest BCUT2D eigenvalue weighted by molar-refractivity contribution is 6.42. The van der Waals surface area contributed by atoms with Gasteiger partial charge in [0.1, 0.15) is 0 Å². The van der Waals surface area contributed by atoms with E-state index in [1.807, 2.05) is 0 Å². The molecule has 2 aromatic rings. The molecule has 140 valence electrons. The van der Waals surface area contributed by atoms with E-state index < -0.39 is 12.6 Å². The number of methoxy groups -OCH3 is 1. The molecule has 1 unspecified atom stereocenters. The summed E-state index contributed by atoms with van der Waals surface area (Å²) in [5.74, 6) is -0.0572. The molecule has 2 rings (SSSR count). The molecule has 0 heterocycles. The van der Waals surface area contributed by atoms with Gasteiger partial charge in [-0.1, -0.05) is 29.3 Å². The molecule has 2 amide bonds. The van der Waals surface area contributed by atoms with Crippen molar-refractivity contribution in [3.05, 3.63) is 52.0 Å². The van der Waals surface area contributed by atoms with Gasteiger partial charge in [-0.25, -0.2) is 4.79 Å². The fraction of sp³-hybridized carbons (Fsp3) is 0.235. The Balaban J connectivity index is 2.05. The largest absolute Gasteiger partial charge is 0.493 e. The van der Waals surface area contributed by atoms with E-state index in [2.05, 4.69) is 15.4 Å². The molecule has 0 aliphatic heterocycles. The average molecular weight is 405 g/mol. The van der Waals surface area contributed by atoms with E-state index in [4.69, 9.17) is 27.9 Å². The number of carbonyl (C=O) groups excluding carboxylic acids is 1. The van der Waals surface area contributed by atoms with Crippen LogP contribution >= 0.6 is 23.2 Å². The number of hydrogen-bond donors (Lipinski definition) is 2. The Hall–Kier alpha value is -2.25. The van der Waals surface area contributed by atoms with Crippen molar-refractivity contribution in [1.82, 2.24) is 5.32 Å². The van der Waals surface area contributed by atoms with E-state index in [9.17, 15) is 13.6 Å². The number of ether oxygens (including phenoxy) is 2. The van der Waals surface area contributed by atoms with Gasteiger partial charge in [0, 0.05) is 11.8 Å². The molecule has 0 radical (unpaired) electrons. The first-order valence-corrected chi connectivity index (χ1v) is 8.21. The Morgan fingerprint density at radius 3 is 2.42 bits per heavy atom. The highest BCUT2D eigenvalue weighted by Gasteiger charge is 2.14. The third-order valence-corrected chi connectivity index (χ3v) is 4.17. The van der Waals surface area contributed by atoms with Gasteiger partial charge in [-0.15, -0.1) is 0 Å². The van der Waals surface area contributed by atoms with Gasteiger partial charge in [0.2, 0.25) is 0 Å². The molecule has 0 saturated carbocycles. The van der Waals surface area contributed by atoms with E-state index in [0.717, 1.165) is 5.56 Å². The number of benzene rings is 2. The number of alkyl halides is 2. The fourth-order valence-corrected chi connectivity index (χ4v) is 2.48. The van der Waals surface area contributed by atoms with Gasteiger partial charge in [-0.2, -0.15) is 8.78 Å². The summed E-state index contributed by atoms with van der Waals surface area (Å²) in [6, 6.07) is 8.28. The molecule has 0 aromatic heterocycles. The second kappa shape index (κ2) is 8.91. The molecular formula is C17H16Cl2F2N2O3. The van der Waals surface area contributed by atoms with E-state index in [0.29, 0.717) is 10.0 Å². The maximum absolute atomic E-state index is 12.5. The predicted octanol–water partition coefficient (Wildman–Crippen LogP) is 5.49. The standard InChI is InChI=1S/C17H16Cl2F2N2O3/c1-9(10-3-5-12(18)13(19)7-10)22-17(24)23-11-4-6-14(25-2)15(8-11)26-16(20)21/h3-9,16H,1-2H3,(H2,22,23,24). The van der Waals surface area contributed by atoms with Gasteiger partial charge in [0.15, 0.2) is 11.5 Å². The van der Waals surface area contributed by atoms with Crippen LogP contribution in [-0.2, 0) is 0 Å². The van der Waals surface area contributed by atoms with Crippen molar-refractivity contribution in [2.24, 2.45) is 0 Å². The van der Waals surface area contributed by atoms with Gasteiger partial charge in [0.05, 0.1) is 23.2 Å². The van der Waals surface area contributed by atoms with Crippen molar-refractivity contribution in [2.75, 3.05) is 12.4 Å². The van der Waals surface area contributed by atoms with E-state index in [-0.39, 0.29) is 23.2 Å². The van der Waals surface area contributed by atoms with Gasteiger partial charge >= 0.3 is 12.6 Å². The first-order chi connectivity index (χ1) is 12.3. The van der Waals surface area contributed by atoms with Crippen LogP contribution in [0, 0.1) is 0 Å². The van der Waals surface area contributed by atoms with Crippen LogP contribution in [0.2, 0.25) is 10.0 Å². The average Bonchev–Trinajstić information content (AvgIpc) is 2.57. The quantitative estimate of drug-likeness (QED) is 0.669. The highest BCUT2D eigenvalue weighted by Crippen LogP contribution is 2.31. The molecule has 0 spiro atoms. The van der Waals surface area contributed by atoms with Crippen molar-refractivity contribution >= 4 is 34.9 Å². The monoisotopic (exact) mass is 404 g/mol. The summed E-state index contributed by atoms with van der Waals surface area (Å²) in [7, 11) is 1.33. The van der Waals surface area contributed by atoms with E-state index >= 15 is 0 Å². The van der Waals surface area contributed by atoms with Crippen LogP contribution in [0.1, 0.15) is 18.5 Å². The van der Waals surface area contributed by atoms with Crippen LogP contribution in [0.5, 0.6) is 11.5 Å². The van der Waals surface area contributed by atoms with E-state index in [1.54, 1.807) is 25.1 Å². The van der Waals surface area contributed by atoms with Gasteiger partial charge in [-0.3, -0.25) is 0 Å². The SMILES string of the molecule is COc1ccc(NC(=O)NC(C)c2ccc(Cl)c(Cl)c2)cc1OC(F)F. The molecule has 0 aliphatic carbocycles. The van der Waals surface area contributed by atoms with Crippen molar-refractivity contribution in [3.8, 4) is 11.5 Å². The smallest absolute Gasteiger partial charge is 0.387 e. The van der Waals surface area contributed by atoms with Crippen molar-refractivity contribution in [3.63, 3.8) is 0 Å². The second-order valence-corrected chi connectivity index (χ2v) is 6.05.